The molecular weight excluding hydrogens is 407 g/mol. The first-order valence-electron chi connectivity index (χ1n) is 9.40. The number of hydrogen-bond donors (Lipinski definition) is 1. The fourth-order valence-corrected chi connectivity index (χ4v) is 4.67. The summed E-state index contributed by atoms with van der Waals surface area (Å²) in [6.07, 6.45) is 5.37. The maximum Gasteiger partial charge on any atom is 0.255 e. The Kier molecular flexibility index (Phi) is 4.85. The molecule has 0 bridgehead atoms. The zero-order chi connectivity index (χ0) is 21.6. The van der Waals surface area contributed by atoms with E-state index in [0.717, 1.165) is 11.1 Å². The fourth-order valence-electron chi connectivity index (χ4n) is 3.73. The number of halogens is 1. The lowest BCUT2D eigenvalue weighted by atomic mass is 10.0. The minimum absolute atomic E-state index is 0.322. The highest BCUT2D eigenvalue weighted by Crippen LogP contribution is 2.36. The van der Waals surface area contributed by atoms with Crippen molar-refractivity contribution in [2.24, 2.45) is 0 Å². The van der Waals surface area contributed by atoms with Gasteiger partial charge in [0, 0.05) is 24.7 Å². The molecule has 4 rings (SSSR count). The molecule has 0 saturated carbocycles. The molecule has 3 heterocycles. The van der Waals surface area contributed by atoms with Crippen LogP contribution in [0.5, 0.6) is 0 Å². The second kappa shape index (κ2) is 7.24. The van der Waals surface area contributed by atoms with E-state index in [0.29, 0.717) is 41.0 Å². The van der Waals surface area contributed by atoms with Crippen molar-refractivity contribution in [3.05, 3.63) is 59.5 Å². The van der Waals surface area contributed by atoms with E-state index < -0.39 is 10.0 Å². The maximum absolute atomic E-state index is 13.4. The van der Waals surface area contributed by atoms with E-state index >= 15 is 0 Å². The van der Waals surface area contributed by atoms with Crippen LogP contribution in [0.15, 0.2) is 42.6 Å². The number of nitrogens with one attached hydrogen (secondary N) is 1. The van der Waals surface area contributed by atoms with E-state index in [-0.39, 0.29) is 11.7 Å². The molecule has 0 unspecified atom stereocenters. The number of fused-ring (bicyclic) bond motifs is 2. The number of amides is 1. The standard InChI is InChI=1S/C21H21FN4O3S/c1-13-5-4-10-26(30(3,28)29)18-12-25-17(11-16(13)18)19(21(27)23-2)20(24-25)14-6-8-15(22)9-7-14/h5-9,11-12H,4,10H2,1-3H3,(H,23,27). The Morgan fingerprint density at radius 2 is 1.93 bits per heavy atom. The number of pyridine rings is 1. The highest BCUT2D eigenvalue weighted by molar-refractivity contribution is 7.92. The molecule has 0 fully saturated rings. The number of allylic oxidation sites excluding steroid dienone is 1. The van der Waals surface area contributed by atoms with Gasteiger partial charge in [-0.25, -0.2) is 17.3 Å². The average molecular weight is 428 g/mol. The normalized spacial score (nSPS) is 14.3. The molecule has 0 aliphatic carbocycles. The van der Waals surface area contributed by atoms with Crippen molar-refractivity contribution >= 4 is 32.7 Å². The summed E-state index contributed by atoms with van der Waals surface area (Å²) in [5.41, 5.74) is 4.01. The molecule has 1 aromatic carbocycles. The summed E-state index contributed by atoms with van der Waals surface area (Å²) in [5, 5.41) is 7.18. The Balaban J connectivity index is 2.05. The van der Waals surface area contributed by atoms with E-state index in [1.54, 1.807) is 24.4 Å². The van der Waals surface area contributed by atoms with Gasteiger partial charge in [0.05, 0.1) is 29.2 Å². The fraction of sp³-hybridized carbons (Fsp3) is 0.238. The molecule has 1 amide bonds. The highest BCUT2D eigenvalue weighted by Gasteiger charge is 2.27. The molecule has 1 N–H and O–H groups in total. The third-order valence-corrected chi connectivity index (χ3v) is 6.38. The van der Waals surface area contributed by atoms with Crippen molar-refractivity contribution in [2.45, 2.75) is 13.3 Å². The van der Waals surface area contributed by atoms with Crippen molar-refractivity contribution in [1.29, 1.82) is 0 Å². The Hall–Kier alpha value is -3.20. The lowest BCUT2D eigenvalue weighted by Gasteiger charge is -2.23. The number of nitrogens with zero attached hydrogens (tertiary/aromatic N) is 3. The van der Waals surface area contributed by atoms with Gasteiger partial charge in [-0.1, -0.05) is 6.08 Å². The number of hydrogen-bond acceptors (Lipinski definition) is 4. The number of carbonyl (C=O) groups excluding carboxylic acids is 1. The third-order valence-electron chi connectivity index (χ3n) is 5.20. The summed E-state index contributed by atoms with van der Waals surface area (Å²) in [6, 6.07) is 7.51. The topological polar surface area (TPSA) is 83.8 Å². The number of sulfonamides is 1. The van der Waals surface area contributed by atoms with Gasteiger partial charge in [0.15, 0.2) is 0 Å². The van der Waals surface area contributed by atoms with E-state index in [1.807, 2.05) is 13.0 Å². The predicted octanol–water partition coefficient (Wildman–Crippen LogP) is 3.07. The maximum atomic E-state index is 13.4. The quantitative estimate of drug-likeness (QED) is 0.695. The lowest BCUT2D eigenvalue weighted by molar-refractivity contribution is 0.0965. The number of rotatable bonds is 3. The Morgan fingerprint density at radius 3 is 2.57 bits per heavy atom. The van der Waals surface area contributed by atoms with Crippen molar-refractivity contribution in [3.63, 3.8) is 0 Å². The van der Waals surface area contributed by atoms with Gasteiger partial charge in [-0.15, -0.1) is 0 Å². The van der Waals surface area contributed by atoms with Gasteiger partial charge < -0.3 is 5.32 Å². The van der Waals surface area contributed by atoms with Crippen LogP contribution >= 0.6 is 0 Å². The van der Waals surface area contributed by atoms with Gasteiger partial charge in [0.25, 0.3) is 5.91 Å². The van der Waals surface area contributed by atoms with Gasteiger partial charge in [-0.3, -0.25) is 9.10 Å². The van der Waals surface area contributed by atoms with Crippen molar-refractivity contribution < 1.29 is 17.6 Å². The van der Waals surface area contributed by atoms with Gasteiger partial charge in [-0.05, 0) is 49.2 Å². The molecule has 0 radical (unpaired) electrons. The van der Waals surface area contributed by atoms with Crippen molar-refractivity contribution in [2.75, 3.05) is 24.2 Å². The summed E-state index contributed by atoms with van der Waals surface area (Å²) < 4.78 is 41.1. The van der Waals surface area contributed by atoms with Crippen LogP contribution in [0.25, 0.3) is 22.3 Å². The molecule has 9 heteroatoms. The molecule has 0 atom stereocenters. The van der Waals surface area contributed by atoms with Crippen LogP contribution < -0.4 is 9.62 Å². The molecule has 3 aromatic rings. The minimum Gasteiger partial charge on any atom is -0.355 e. The zero-order valence-corrected chi connectivity index (χ0v) is 17.6. The van der Waals surface area contributed by atoms with E-state index in [4.69, 9.17) is 0 Å². The predicted molar refractivity (Wildman–Crippen MR) is 114 cm³/mol. The average Bonchev–Trinajstić information content (AvgIpc) is 2.98. The Bertz CT molecular complexity index is 1290. The Labute approximate surface area is 173 Å². The lowest BCUT2D eigenvalue weighted by Crippen LogP contribution is -2.31. The van der Waals surface area contributed by atoms with Crippen LogP contribution in [0.3, 0.4) is 0 Å². The van der Waals surface area contributed by atoms with E-state index in [2.05, 4.69) is 10.4 Å². The van der Waals surface area contributed by atoms with E-state index in [1.165, 1.54) is 34.3 Å². The van der Waals surface area contributed by atoms with Gasteiger partial charge in [0.1, 0.15) is 11.5 Å². The summed E-state index contributed by atoms with van der Waals surface area (Å²) in [7, 11) is -1.97. The number of carbonyl (C=O) groups is 1. The van der Waals surface area contributed by atoms with E-state index in [9.17, 15) is 17.6 Å². The zero-order valence-electron chi connectivity index (χ0n) is 16.8. The van der Waals surface area contributed by atoms with Gasteiger partial charge >= 0.3 is 0 Å². The summed E-state index contributed by atoms with van der Waals surface area (Å²) >= 11 is 0. The summed E-state index contributed by atoms with van der Waals surface area (Å²) in [5.74, 6) is -0.722. The van der Waals surface area contributed by atoms with Crippen LogP contribution in [0.2, 0.25) is 0 Å². The molecule has 1 aliphatic heterocycles. The van der Waals surface area contributed by atoms with Crippen molar-refractivity contribution in [3.8, 4) is 11.3 Å². The first kappa shape index (κ1) is 20.1. The SMILES string of the molecule is CNC(=O)c1c(-c2ccc(F)cc2)nn2cc3c(cc12)C(C)=CCCN3S(C)(=O)=O. The first-order valence-corrected chi connectivity index (χ1v) is 11.2. The molecule has 7 nitrogen and oxygen atoms in total. The van der Waals surface area contributed by atoms with Crippen LogP contribution in [0, 0.1) is 5.82 Å². The third kappa shape index (κ3) is 3.35. The minimum atomic E-state index is -3.50. The smallest absolute Gasteiger partial charge is 0.255 e. The molecule has 30 heavy (non-hydrogen) atoms. The molecule has 1 aliphatic rings. The van der Waals surface area contributed by atoms with Crippen LogP contribution in [-0.2, 0) is 10.0 Å². The second-order valence-corrected chi connectivity index (χ2v) is 9.13. The Morgan fingerprint density at radius 1 is 1.23 bits per heavy atom. The second-order valence-electron chi connectivity index (χ2n) is 7.22. The molecule has 2 aromatic heterocycles. The number of anilines is 1. The van der Waals surface area contributed by atoms with Crippen LogP contribution in [0.4, 0.5) is 10.1 Å². The number of aromatic nitrogens is 2. The largest absolute Gasteiger partial charge is 0.355 e. The van der Waals surface area contributed by atoms with Gasteiger partial charge in [-0.2, -0.15) is 5.10 Å². The molecular formula is C21H21FN4O3S. The monoisotopic (exact) mass is 428 g/mol. The highest BCUT2D eigenvalue weighted by atomic mass is 32.2. The summed E-state index contributed by atoms with van der Waals surface area (Å²) in [4.78, 5) is 12.7. The van der Waals surface area contributed by atoms with Crippen LogP contribution in [0.1, 0.15) is 29.3 Å². The molecule has 0 saturated heterocycles. The number of benzene rings is 1. The van der Waals surface area contributed by atoms with Gasteiger partial charge in [0.2, 0.25) is 10.0 Å². The molecule has 156 valence electrons. The summed E-state index contributed by atoms with van der Waals surface area (Å²) in [6.45, 7) is 2.24. The first-order chi connectivity index (χ1) is 14.2. The van der Waals surface area contributed by atoms with Crippen LogP contribution in [-0.4, -0.2) is 43.8 Å². The molecule has 0 spiro atoms. The van der Waals surface area contributed by atoms with Crippen molar-refractivity contribution in [1.82, 2.24) is 14.9 Å².